The first-order chi connectivity index (χ1) is 11.9. The van der Waals surface area contributed by atoms with E-state index in [0.29, 0.717) is 18.7 Å². The number of amides is 5. The Hall–Kier alpha value is -2.42. The molecule has 0 bridgehead atoms. The van der Waals surface area contributed by atoms with Gasteiger partial charge >= 0.3 is 6.03 Å². The number of likely N-dealkylation sites (tertiary alicyclic amines) is 1. The summed E-state index contributed by atoms with van der Waals surface area (Å²) in [5, 5.41) is 8.73. The fourth-order valence-corrected chi connectivity index (χ4v) is 3.80. The van der Waals surface area contributed by atoms with E-state index in [0.717, 1.165) is 17.7 Å². The van der Waals surface area contributed by atoms with Crippen molar-refractivity contribution in [2.75, 3.05) is 26.2 Å². The first kappa shape index (κ1) is 17.4. The van der Waals surface area contributed by atoms with Crippen LogP contribution in [0.5, 0.6) is 0 Å². The Bertz CT molecular complexity index is 699. The van der Waals surface area contributed by atoms with Crippen LogP contribution in [-0.4, -0.2) is 59.7 Å². The van der Waals surface area contributed by atoms with Crippen LogP contribution in [0.25, 0.3) is 0 Å². The number of nitrogens with one attached hydrogen (secondary N) is 2. The number of carbonyl (C=O) groups excluding carboxylic acids is 4. The molecule has 2 fully saturated rings. The van der Waals surface area contributed by atoms with E-state index in [1.165, 1.54) is 11.3 Å². The average Bonchev–Trinajstić information content (AvgIpc) is 3.32. The van der Waals surface area contributed by atoms with Crippen LogP contribution in [0.1, 0.15) is 25.3 Å². The molecule has 25 heavy (non-hydrogen) atoms. The zero-order valence-corrected chi connectivity index (χ0v) is 14.7. The highest BCUT2D eigenvalue weighted by Gasteiger charge is 2.49. The van der Waals surface area contributed by atoms with Crippen LogP contribution < -0.4 is 10.6 Å². The van der Waals surface area contributed by atoms with Gasteiger partial charge in [0.1, 0.15) is 12.1 Å². The third kappa shape index (κ3) is 3.37. The Morgan fingerprint density at radius 3 is 2.68 bits per heavy atom. The minimum absolute atomic E-state index is 0.121. The molecule has 2 N–H and O–H groups in total. The van der Waals surface area contributed by atoms with Crippen molar-refractivity contribution in [1.29, 1.82) is 0 Å². The number of thiophene rings is 1. The van der Waals surface area contributed by atoms with Gasteiger partial charge in [0, 0.05) is 13.1 Å². The maximum absolute atomic E-state index is 12.6. The molecule has 0 aliphatic carbocycles. The van der Waals surface area contributed by atoms with Gasteiger partial charge in [-0.25, -0.2) is 4.79 Å². The van der Waals surface area contributed by atoms with Crippen LogP contribution in [-0.2, 0) is 19.9 Å². The van der Waals surface area contributed by atoms with E-state index in [4.69, 9.17) is 0 Å². The number of rotatable bonds is 5. The van der Waals surface area contributed by atoms with Crippen molar-refractivity contribution >= 4 is 35.1 Å². The molecular formula is C16H20N4O4S. The van der Waals surface area contributed by atoms with E-state index < -0.39 is 29.9 Å². The molecule has 1 unspecified atom stereocenters. The van der Waals surface area contributed by atoms with E-state index >= 15 is 0 Å². The topological polar surface area (TPSA) is 98.8 Å². The van der Waals surface area contributed by atoms with Gasteiger partial charge in [-0.15, -0.1) is 0 Å². The van der Waals surface area contributed by atoms with Crippen LogP contribution in [0, 0.1) is 0 Å². The molecule has 0 radical (unpaired) electrons. The summed E-state index contributed by atoms with van der Waals surface area (Å²) in [6, 6.07) is 1.15. The third-order valence-corrected chi connectivity index (χ3v) is 5.25. The van der Waals surface area contributed by atoms with E-state index in [1.54, 1.807) is 23.3 Å². The smallest absolute Gasteiger partial charge is 0.325 e. The Kier molecular flexibility index (Phi) is 4.76. The predicted octanol–water partition coefficient (Wildman–Crippen LogP) is 0.254. The molecule has 9 heteroatoms. The van der Waals surface area contributed by atoms with Crippen molar-refractivity contribution in [2.45, 2.75) is 25.3 Å². The number of urea groups is 1. The summed E-state index contributed by atoms with van der Waals surface area (Å²) < 4.78 is 0. The Labute approximate surface area is 149 Å². The van der Waals surface area contributed by atoms with E-state index in [-0.39, 0.29) is 12.5 Å². The standard InChI is InChI=1S/C16H20N4O4S/c1-16(11-4-7-25-10-11)14(23)20(15(24)18-16)9-12(21)17-8-13(22)19-5-2-3-6-19/h4,7,10H,2-3,5-6,8-9H2,1H3,(H,17,21)(H,18,24). The quantitative estimate of drug-likeness (QED) is 0.732. The molecule has 3 heterocycles. The van der Waals surface area contributed by atoms with Crippen LogP contribution >= 0.6 is 11.3 Å². The minimum Gasteiger partial charge on any atom is -0.345 e. The molecule has 0 spiro atoms. The van der Waals surface area contributed by atoms with Crippen molar-refractivity contribution < 1.29 is 19.2 Å². The van der Waals surface area contributed by atoms with Crippen LogP contribution in [0.15, 0.2) is 16.8 Å². The van der Waals surface area contributed by atoms with E-state index in [2.05, 4.69) is 10.6 Å². The van der Waals surface area contributed by atoms with Gasteiger partial charge in [-0.3, -0.25) is 19.3 Å². The fraction of sp³-hybridized carbons (Fsp3) is 0.500. The first-order valence-corrected chi connectivity index (χ1v) is 9.07. The molecule has 0 aromatic carbocycles. The molecular weight excluding hydrogens is 344 g/mol. The van der Waals surface area contributed by atoms with Crippen molar-refractivity contribution in [2.24, 2.45) is 0 Å². The Balaban J connectivity index is 1.57. The second kappa shape index (κ2) is 6.83. The van der Waals surface area contributed by atoms with Crippen molar-refractivity contribution in [1.82, 2.24) is 20.4 Å². The number of hydrogen-bond acceptors (Lipinski definition) is 5. The Morgan fingerprint density at radius 1 is 1.32 bits per heavy atom. The summed E-state index contributed by atoms with van der Waals surface area (Å²) in [7, 11) is 0. The van der Waals surface area contributed by atoms with Gasteiger partial charge in [0.2, 0.25) is 11.8 Å². The van der Waals surface area contributed by atoms with Crippen molar-refractivity contribution in [3.63, 3.8) is 0 Å². The molecule has 5 amide bonds. The average molecular weight is 364 g/mol. The predicted molar refractivity (Wildman–Crippen MR) is 90.7 cm³/mol. The van der Waals surface area contributed by atoms with E-state index in [9.17, 15) is 19.2 Å². The lowest BCUT2D eigenvalue weighted by Gasteiger charge is -2.20. The zero-order valence-electron chi connectivity index (χ0n) is 13.9. The van der Waals surface area contributed by atoms with Gasteiger partial charge < -0.3 is 15.5 Å². The normalized spacial score (nSPS) is 23.1. The largest absolute Gasteiger partial charge is 0.345 e. The van der Waals surface area contributed by atoms with Gasteiger partial charge in [0.05, 0.1) is 6.54 Å². The molecule has 1 aromatic heterocycles. The second-order valence-corrected chi connectivity index (χ2v) is 7.10. The Morgan fingerprint density at radius 2 is 2.04 bits per heavy atom. The second-order valence-electron chi connectivity index (χ2n) is 6.32. The number of carbonyl (C=O) groups is 4. The molecule has 1 atom stereocenters. The monoisotopic (exact) mass is 364 g/mol. The summed E-state index contributed by atoms with van der Waals surface area (Å²) in [6.07, 6.45) is 1.95. The van der Waals surface area contributed by atoms with Gasteiger partial charge in [-0.1, -0.05) is 0 Å². The molecule has 0 saturated carbocycles. The highest BCUT2D eigenvalue weighted by Crippen LogP contribution is 2.29. The van der Waals surface area contributed by atoms with Gasteiger partial charge in [-0.2, -0.15) is 11.3 Å². The minimum atomic E-state index is -1.16. The van der Waals surface area contributed by atoms with Crippen LogP contribution in [0.2, 0.25) is 0 Å². The van der Waals surface area contributed by atoms with Crippen molar-refractivity contribution in [3.8, 4) is 0 Å². The fourth-order valence-electron chi connectivity index (χ4n) is 3.04. The molecule has 2 saturated heterocycles. The third-order valence-electron chi connectivity index (χ3n) is 4.57. The summed E-state index contributed by atoms with van der Waals surface area (Å²) in [5.74, 6) is -1.16. The lowest BCUT2D eigenvalue weighted by molar-refractivity contribution is -0.135. The maximum Gasteiger partial charge on any atom is 0.325 e. The lowest BCUT2D eigenvalue weighted by atomic mass is 9.95. The van der Waals surface area contributed by atoms with Gasteiger partial charge in [-0.05, 0) is 42.2 Å². The highest BCUT2D eigenvalue weighted by molar-refractivity contribution is 7.08. The first-order valence-electron chi connectivity index (χ1n) is 8.13. The summed E-state index contributed by atoms with van der Waals surface area (Å²) in [4.78, 5) is 51.3. The van der Waals surface area contributed by atoms with Crippen LogP contribution in [0.3, 0.4) is 0 Å². The lowest BCUT2D eigenvalue weighted by Crippen LogP contribution is -2.45. The van der Waals surface area contributed by atoms with Gasteiger partial charge in [0.25, 0.3) is 5.91 Å². The number of imide groups is 1. The SMILES string of the molecule is CC1(c2ccsc2)NC(=O)N(CC(=O)NCC(=O)N2CCCC2)C1=O. The van der Waals surface area contributed by atoms with Crippen molar-refractivity contribution in [3.05, 3.63) is 22.4 Å². The molecule has 2 aliphatic rings. The molecule has 3 rings (SSSR count). The highest BCUT2D eigenvalue weighted by atomic mass is 32.1. The molecule has 1 aromatic rings. The molecule has 134 valence electrons. The molecule has 8 nitrogen and oxygen atoms in total. The number of hydrogen-bond donors (Lipinski definition) is 2. The molecule has 2 aliphatic heterocycles. The summed E-state index contributed by atoms with van der Waals surface area (Å²) in [6.45, 7) is 2.51. The van der Waals surface area contributed by atoms with E-state index in [1.807, 2.05) is 5.38 Å². The number of nitrogens with zero attached hydrogens (tertiary/aromatic N) is 2. The summed E-state index contributed by atoms with van der Waals surface area (Å²) >= 11 is 1.42. The van der Waals surface area contributed by atoms with Gasteiger partial charge in [0.15, 0.2) is 0 Å². The van der Waals surface area contributed by atoms with Crippen LogP contribution in [0.4, 0.5) is 4.79 Å². The maximum atomic E-state index is 12.6. The zero-order chi connectivity index (χ0) is 18.0. The summed E-state index contributed by atoms with van der Waals surface area (Å²) in [5.41, 5.74) is -0.481.